The van der Waals surface area contributed by atoms with Gasteiger partial charge in [-0.05, 0) is 50.4 Å². The van der Waals surface area contributed by atoms with Crippen molar-refractivity contribution in [2.24, 2.45) is 23.7 Å². The summed E-state index contributed by atoms with van der Waals surface area (Å²) in [5.41, 5.74) is 0. The van der Waals surface area contributed by atoms with Crippen LogP contribution in [0.1, 0.15) is 46.0 Å². The van der Waals surface area contributed by atoms with E-state index in [4.69, 9.17) is 14.2 Å². The largest absolute Gasteiger partial charge is 0.379 e. The maximum absolute atomic E-state index is 6.58. The maximum atomic E-state index is 6.58. The van der Waals surface area contributed by atoms with E-state index in [1.807, 2.05) is 0 Å². The summed E-state index contributed by atoms with van der Waals surface area (Å²) in [6.45, 7) is 8.31. The summed E-state index contributed by atoms with van der Waals surface area (Å²) in [6.07, 6.45) is 7.26. The Bertz CT molecular complexity index is 385. The molecule has 4 aliphatic rings. The van der Waals surface area contributed by atoms with E-state index in [1.54, 1.807) is 0 Å². The second-order valence-electron chi connectivity index (χ2n) is 7.86. The topological polar surface area (TPSA) is 30.9 Å². The van der Waals surface area contributed by atoms with Gasteiger partial charge in [0.1, 0.15) is 6.23 Å². The zero-order chi connectivity index (χ0) is 15.1. The summed E-state index contributed by atoms with van der Waals surface area (Å²) in [7, 11) is 0. The third kappa shape index (κ3) is 2.72. The fraction of sp³-hybridized carbons (Fsp3) is 1.00. The third-order valence-electron chi connectivity index (χ3n) is 6.58. The number of hydrogen-bond donors (Lipinski definition) is 0. The van der Waals surface area contributed by atoms with Crippen molar-refractivity contribution in [2.45, 2.75) is 64.6 Å². The molecule has 1 aliphatic carbocycles. The summed E-state index contributed by atoms with van der Waals surface area (Å²) < 4.78 is 18.4. The van der Waals surface area contributed by atoms with Gasteiger partial charge in [0.25, 0.3) is 0 Å². The molecule has 0 N–H and O–H groups in total. The average molecular weight is 309 g/mol. The second kappa shape index (κ2) is 6.39. The first-order chi connectivity index (χ1) is 10.7. The number of ether oxygens (including phenoxy) is 3. The lowest BCUT2D eigenvalue weighted by Crippen LogP contribution is -2.58. The molecule has 3 saturated heterocycles. The summed E-state index contributed by atoms with van der Waals surface area (Å²) in [6, 6.07) is 0. The van der Waals surface area contributed by atoms with E-state index >= 15 is 0 Å². The summed E-state index contributed by atoms with van der Waals surface area (Å²) in [5.74, 6) is 2.84. The van der Waals surface area contributed by atoms with Crippen molar-refractivity contribution in [3.05, 3.63) is 0 Å². The Kier molecular flexibility index (Phi) is 4.46. The van der Waals surface area contributed by atoms with Gasteiger partial charge in [0.2, 0.25) is 0 Å². The molecule has 22 heavy (non-hydrogen) atoms. The minimum absolute atomic E-state index is 0.0249. The maximum Gasteiger partial charge on any atom is 0.163 e. The Morgan fingerprint density at radius 1 is 0.909 bits per heavy atom. The first kappa shape index (κ1) is 15.4. The minimum Gasteiger partial charge on any atom is -0.379 e. The van der Waals surface area contributed by atoms with Gasteiger partial charge in [0.05, 0.1) is 19.3 Å². The van der Waals surface area contributed by atoms with Gasteiger partial charge in [-0.25, -0.2) is 0 Å². The molecule has 7 atom stereocenters. The average Bonchev–Trinajstić information content (AvgIpc) is 2.71. The summed E-state index contributed by atoms with van der Waals surface area (Å²) in [5, 5.41) is 0. The molecule has 0 aromatic carbocycles. The van der Waals surface area contributed by atoms with Crippen LogP contribution in [0.5, 0.6) is 0 Å². The zero-order valence-electron chi connectivity index (χ0n) is 14.1. The third-order valence-corrected chi connectivity index (χ3v) is 6.58. The molecule has 0 aromatic heterocycles. The summed E-state index contributed by atoms with van der Waals surface area (Å²) >= 11 is 0. The lowest BCUT2D eigenvalue weighted by molar-refractivity contribution is -0.306. The molecule has 4 unspecified atom stereocenters. The highest BCUT2D eigenvalue weighted by Gasteiger charge is 2.51. The number of rotatable bonds is 1. The van der Waals surface area contributed by atoms with Gasteiger partial charge in [-0.1, -0.05) is 13.3 Å². The van der Waals surface area contributed by atoms with Crippen molar-refractivity contribution in [2.75, 3.05) is 26.3 Å². The number of nitrogens with zero attached hydrogens (tertiary/aromatic N) is 1. The van der Waals surface area contributed by atoms with Crippen molar-refractivity contribution in [3.8, 4) is 0 Å². The van der Waals surface area contributed by atoms with Crippen LogP contribution in [0.25, 0.3) is 0 Å². The fourth-order valence-corrected chi connectivity index (χ4v) is 5.41. The molecular weight excluding hydrogens is 278 g/mol. The Morgan fingerprint density at radius 2 is 1.73 bits per heavy atom. The van der Waals surface area contributed by atoms with Gasteiger partial charge in [-0.2, -0.15) is 0 Å². The van der Waals surface area contributed by atoms with Crippen molar-refractivity contribution >= 4 is 0 Å². The monoisotopic (exact) mass is 309 g/mol. The molecule has 4 nitrogen and oxygen atoms in total. The molecule has 0 amide bonds. The Morgan fingerprint density at radius 3 is 2.55 bits per heavy atom. The molecule has 1 saturated carbocycles. The van der Waals surface area contributed by atoms with E-state index in [0.717, 1.165) is 38.1 Å². The highest BCUT2D eigenvalue weighted by Crippen LogP contribution is 2.50. The molecule has 0 bridgehead atoms. The van der Waals surface area contributed by atoms with Gasteiger partial charge >= 0.3 is 0 Å². The summed E-state index contributed by atoms with van der Waals surface area (Å²) in [4.78, 5) is 2.49. The van der Waals surface area contributed by atoms with Crippen LogP contribution in [0.3, 0.4) is 0 Å². The highest BCUT2D eigenvalue weighted by molar-refractivity contribution is 4.94. The molecule has 3 aliphatic heterocycles. The van der Waals surface area contributed by atoms with Crippen LogP contribution < -0.4 is 0 Å². The molecule has 0 radical (unpaired) electrons. The number of hydrogen-bond acceptors (Lipinski definition) is 4. The van der Waals surface area contributed by atoms with Crippen LogP contribution in [0, 0.1) is 23.7 Å². The molecule has 3 heterocycles. The van der Waals surface area contributed by atoms with Gasteiger partial charge in [0, 0.05) is 19.0 Å². The van der Waals surface area contributed by atoms with E-state index in [-0.39, 0.29) is 12.5 Å². The normalized spacial score (nSPS) is 50.2. The van der Waals surface area contributed by atoms with Crippen LogP contribution in [-0.2, 0) is 14.2 Å². The molecule has 0 aromatic rings. The smallest absolute Gasteiger partial charge is 0.163 e. The fourth-order valence-electron chi connectivity index (χ4n) is 5.41. The Labute approximate surface area is 134 Å². The first-order valence-corrected chi connectivity index (χ1v) is 9.37. The van der Waals surface area contributed by atoms with Crippen molar-refractivity contribution < 1.29 is 14.2 Å². The highest BCUT2D eigenvalue weighted by atomic mass is 16.7. The van der Waals surface area contributed by atoms with Crippen molar-refractivity contribution in [1.29, 1.82) is 0 Å². The SMILES string of the molecule is CC1CC[C@H]2CCCC3C2[C@@H](O1)O[C@@H](N1CCOCC1)C3C. The zero-order valence-corrected chi connectivity index (χ0v) is 14.1. The molecule has 0 spiro atoms. The van der Waals surface area contributed by atoms with E-state index < -0.39 is 0 Å². The van der Waals surface area contributed by atoms with E-state index in [0.29, 0.717) is 17.9 Å². The van der Waals surface area contributed by atoms with Crippen LogP contribution in [0.4, 0.5) is 0 Å². The van der Waals surface area contributed by atoms with Crippen molar-refractivity contribution in [3.63, 3.8) is 0 Å². The van der Waals surface area contributed by atoms with Gasteiger partial charge in [-0.3, -0.25) is 4.90 Å². The number of morpholine rings is 1. The predicted molar refractivity (Wildman–Crippen MR) is 84.3 cm³/mol. The lowest BCUT2D eigenvalue weighted by atomic mass is 9.64. The molecule has 4 rings (SSSR count). The molecule has 126 valence electrons. The predicted octanol–water partition coefficient (Wildman–Crippen LogP) is 2.87. The van der Waals surface area contributed by atoms with Crippen LogP contribution in [0.2, 0.25) is 0 Å². The van der Waals surface area contributed by atoms with Crippen LogP contribution in [0.15, 0.2) is 0 Å². The van der Waals surface area contributed by atoms with E-state index in [2.05, 4.69) is 18.7 Å². The van der Waals surface area contributed by atoms with Crippen LogP contribution >= 0.6 is 0 Å². The minimum atomic E-state index is 0.0249. The standard InChI is InChI=1S/C18H31NO3/c1-12-6-7-14-4-3-5-15-13(2)17(19-8-10-20-11-9-19)22-18(21-12)16(14)15/h12-18H,3-11H2,1-2H3/t12?,13?,14-,15?,16?,17-,18+/m1/s1. The van der Waals surface area contributed by atoms with E-state index in [1.165, 1.54) is 32.1 Å². The quantitative estimate of drug-likeness (QED) is 0.745. The van der Waals surface area contributed by atoms with Crippen LogP contribution in [-0.4, -0.2) is 49.8 Å². The second-order valence-corrected chi connectivity index (χ2v) is 7.86. The van der Waals surface area contributed by atoms with Crippen molar-refractivity contribution in [1.82, 2.24) is 4.90 Å². The van der Waals surface area contributed by atoms with Gasteiger partial charge in [0.15, 0.2) is 6.29 Å². The molecule has 4 fully saturated rings. The molecule has 4 heteroatoms. The Hall–Kier alpha value is -0.160. The van der Waals surface area contributed by atoms with Gasteiger partial charge in [-0.15, -0.1) is 0 Å². The van der Waals surface area contributed by atoms with Gasteiger partial charge < -0.3 is 14.2 Å². The first-order valence-electron chi connectivity index (χ1n) is 9.37. The Balaban J connectivity index is 1.57. The molecular formula is C18H31NO3. The van der Waals surface area contributed by atoms with E-state index in [9.17, 15) is 0 Å². The lowest BCUT2D eigenvalue weighted by Gasteiger charge is -2.53.